The highest BCUT2D eigenvalue weighted by Gasteiger charge is 2.21. The summed E-state index contributed by atoms with van der Waals surface area (Å²) in [7, 11) is 0. The molecule has 1 aromatic heterocycles. The molecule has 0 spiro atoms. The first-order valence-corrected chi connectivity index (χ1v) is 8.19. The van der Waals surface area contributed by atoms with Gasteiger partial charge in [0, 0.05) is 10.6 Å². The summed E-state index contributed by atoms with van der Waals surface area (Å²) < 4.78 is 13.6. The Morgan fingerprint density at radius 3 is 2.91 bits per heavy atom. The number of hydrogen-bond donors (Lipinski definition) is 1. The zero-order valence-corrected chi connectivity index (χ0v) is 12.6. The van der Waals surface area contributed by atoms with E-state index in [1.54, 1.807) is 24.0 Å². The minimum atomic E-state index is -0.197. The number of rotatable bonds is 2. The van der Waals surface area contributed by atoms with Crippen molar-refractivity contribution in [3.05, 3.63) is 60.0 Å². The number of anilines is 1. The molecule has 3 nitrogen and oxygen atoms in total. The average Bonchev–Trinajstić information content (AvgIpc) is 2.55. The molecular formula is C17H14FN3S. The summed E-state index contributed by atoms with van der Waals surface area (Å²) >= 11 is 1.77. The van der Waals surface area contributed by atoms with Gasteiger partial charge in [0.2, 0.25) is 0 Å². The third kappa shape index (κ3) is 2.52. The van der Waals surface area contributed by atoms with E-state index >= 15 is 0 Å². The second-order valence-corrected chi connectivity index (χ2v) is 6.40. The monoisotopic (exact) mass is 311 g/mol. The van der Waals surface area contributed by atoms with Gasteiger partial charge < -0.3 is 5.32 Å². The molecule has 0 saturated carbocycles. The van der Waals surface area contributed by atoms with E-state index in [2.05, 4.69) is 15.3 Å². The highest BCUT2D eigenvalue weighted by molar-refractivity contribution is 7.99. The number of aromatic nitrogens is 2. The van der Waals surface area contributed by atoms with Crippen molar-refractivity contribution in [1.29, 1.82) is 0 Å². The van der Waals surface area contributed by atoms with Crippen molar-refractivity contribution in [2.75, 3.05) is 11.1 Å². The summed E-state index contributed by atoms with van der Waals surface area (Å²) in [5.41, 5.74) is 2.74. The second kappa shape index (κ2) is 5.57. The molecule has 4 rings (SSSR count). The van der Waals surface area contributed by atoms with Crippen molar-refractivity contribution in [1.82, 2.24) is 9.97 Å². The minimum Gasteiger partial charge on any atom is -0.362 e. The molecule has 2 aromatic carbocycles. The Bertz CT molecular complexity index is 837. The Kier molecular flexibility index (Phi) is 3.42. The minimum absolute atomic E-state index is 0.0717. The molecule has 1 aliphatic rings. The highest BCUT2D eigenvalue weighted by Crippen LogP contribution is 2.38. The Morgan fingerprint density at radius 2 is 2.00 bits per heavy atom. The smallest absolute Gasteiger partial charge is 0.145 e. The third-order valence-corrected chi connectivity index (χ3v) is 4.90. The molecule has 110 valence electrons. The molecular weight excluding hydrogens is 297 g/mol. The van der Waals surface area contributed by atoms with E-state index in [0.717, 1.165) is 39.5 Å². The van der Waals surface area contributed by atoms with E-state index in [4.69, 9.17) is 0 Å². The van der Waals surface area contributed by atoms with Crippen LogP contribution in [0.4, 0.5) is 10.2 Å². The van der Waals surface area contributed by atoms with Crippen molar-refractivity contribution in [3.63, 3.8) is 0 Å². The van der Waals surface area contributed by atoms with Crippen LogP contribution in [0.1, 0.15) is 18.0 Å². The Morgan fingerprint density at radius 1 is 1.14 bits per heavy atom. The Hall–Kier alpha value is -2.14. The maximum atomic E-state index is 13.6. The van der Waals surface area contributed by atoms with Gasteiger partial charge in [-0.05, 0) is 42.3 Å². The predicted molar refractivity (Wildman–Crippen MR) is 87.6 cm³/mol. The lowest BCUT2D eigenvalue weighted by molar-refractivity contribution is 0.615. The molecule has 1 aliphatic heterocycles. The van der Waals surface area contributed by atoms with Crippen LogP contribution in [0.15, 0.2) is 53.6 Å². The van der Waals surface area contributed by atoms with E-state index in [0.29, 0.717) is 0 Å². The molecule has 0 aliphatic carbocycles. The second-order valence-electron chi connectivity index (χ2n) is 5.26. The van der Waals surface area contributed by atoms with E-state index in [9.17, 15) is 4.39 Å². The average molecular weight is 311 g/mol. The van der Waals surface area contributed by atoms with Crippen molar-refractivity contribution in [2.45, 2.75) is 17.4 Å². The van der Waals surface area contributed by atoms with Crippen LogP contribution in [0.25, 0.3) is 11.0 Å². The van der Waals surface area contributed by atoms with Crippen LogP contribution in [0.3, 0.4) is 0 Å². The maximum absolute atomic E-state index is 13.6. The largest absolute Gasteiger partial charge is 0.362 e. The van der Waals surface area contributed by atoms with Gasteiger partial charge in [0.25, 0.3) is 0 Å². The van der Waals surface area contributed by atoms with Crippen LogP contribution < -0.4 is 5.32 Å². The number of nitrogens with one attached hydrogen (secondary N) is 1. The van der Waals surface area contributed by atoms with Crippen LogP contribution in [-0.2, 0) is 0 Å². The SMILES string of the molecule is Fc1ccc2c(c1)C(Nc1cnc3ccccc3n1)CCS2. The van der Waals surface area contributed by atoms with Gasteiger partial charge in [0.15, 0.2) is 0 Å². The molecule has 0 radical (unpaired) electrons. The fraction of sp³-hybridized carbons (Fsp3) is 0.176. The molecule has 3 aromatic rings. The number of hydrogen-bond acceptors (Lipinski definition) is 4. The quantitative estimate of drug-likeness (QED) is 0.760. The zero-order chi connectivity index (χ0) is 14.9. The van der Waals surface area contributed by atoms with Crippen molar-refractivity contribution in [3.8, 4) is 0 Å². The van der Waals surface area contributed by atoms with Gasteiger partial charge in [-0.3, -0.25) is 4.98 Å². The third-order valence-electron chi connectivity index (χ3n) is 3.78. The van der Waals surface area contributed by atoms with Gasteiger partial charge in [-0.1, -0.05) is 12.1 Å². The zero-order valence-electron chi connectivity index (χ0n) is 11.8. The number of halogens is 1. The van der Waals surface area contributed by atoms with Gasteiger partial charge in [0.1, 0.15) is 11.6 Å². The summed E-state index contributed by atoms with van der Waals surface area (Å²) in [5.74, 6) is 1.54. The summed E-state index contributed by atoms with van der Waals surface area (Å²) in [4.78, 5) is 10.1. The van der Waals surface area contributed by atoms with E-state index in [-0.39, 0.29) is 11.9 Å². The molecule has 5 heteroatoms. The van der Waals surface area contributed by atoms with Gasteiger partial charge in [0.05, 0.1) is 23.3 Å². The standard InChI is InChI=1S/C17H14FN3S/c18-11-5-6-16-12(9-11)13(7-8-22-16)20-17-10-19-14-3-1-2-4-15(14)21-17/h1-6,9-10,13H,7-8H2,(H,20,21). The fourth-order valence-corrected chi connectivity index (χ4v) is 3.83. The van der Waals surface area contributed by atoms with Gasteiger partial charge in [-0.15, -0.1) is 11.8 Å². The first-order chi connectivity index (χ1) is 10.8. The molecule has 0 bridgehead atoms. The predicted octanol–water partition coefficient (Wildman–Crippen LogP) is 4.42. The van der Waals surface area contributed by atoms with Crippen LogP contribution in [-0.4, -0.2) is 15.7 Å². The fourth-order valence-electron chi connectivity index (χ4n) is 2.72. The highest BCUT2D eigenvalue weighted by atomic mass is 32.2. The summed E-state index contributed by atoms with van der Waals surface area (Å²) in [6.07, 6.45) is 2.68. The van der Waals surface area contributed by atoms with E-state index in [1.165, 1.54) is 6.07 Å². The maximum Gasteiger partial charge on any atom is 0.145 e. The number of benzene rings is 2. The number of para-hydroxylation sites is 2. The topological polar surface area (TPSA) is 37.8 Å². The molecule has 0 amide bonds. The molecule has 1 atom stereocenters. The van der Waals surface area contributed by atoms with Crippen LogP contribution in [0.2, 0.25) is 0 Å². The molecule has 1 N–H and O–H groups in total. The van der Waals surface area contributed by atoms with Crippen molar-refractivity contribution >= 4 is 28.6 Å². The van der Waals surface area contributed by atoms with Crippen LogP contribution in [0, 0.1) is 5.82 Å². The molecule has 1 unspecified atom stereocenters. The summed E-state index contributed by atoms with van der Waals surface area (Å²) in [6.45, 7) is 0. The lowest BCUT2D eigenvalue weighted by atomic mass is 10.0. The van der Waals surface area contributed by atoms with Gasteiger partial charge >= 0.3 is 0 Å². The Labute approximate surface area is 132 Å². The number of thioether (sulfide) groups is 1. The number of nitrogens with zero attached hydrogens (tertiary/aromatic N) is 2. The summed E-state index contributed by atoms with van der Waals surface area (Å²) in [5, 5.41) is 3.40. The lowest BCUT2D eigenvalue weighted by Gasteiger charge is -2.26. The molecule has 0 saturated heterocycles. The van der Waals surface area contributed by atoms with Crippen molar-refractivity contribution < 1.29 is 4.39 Å². The normalized spacial score (nSPS) is 17.2. The molecule has 0 fully saturated rings. The van der Waals surface area contributed by atoms with Gasteiger partial charge in [-0.25, -0.2) is 9.37 Å². The lowest BCUT2D eigenvalue weighted by Crippen LogP contribution is -2.17. The molecule has 2 heterocycles. The number of fused-ring (bicyclic) bond motifs is 2. The summed E-state index contributed by atoms with van der Waals surface area (Å²) in [6, 6.07) is 12.8. The van der Waals surface area contributed by atoms with E-state index < -0.39 is 0 Å². The van der Waals surface area contributed by atoms with E-state index in [1.807, 2.05) is 30.3 Å². The van der Waals surface area contributed by atoms with Crippen LogP contribution >= 0.6 is 11.8 Å². The van der Waals surface area contributed by atoms with Crippen LogP contribution in [0.5, 0.6) is 0 Å². The first kappa shape index (κ1) is 13.5. The van der Waals surface area contributed by atoms with Gasteiger partial charge in [-0.2, -0.15) is 0 Å². The first-order valence-electron chi connectivity index (χ1n) is 7.20. The molecule has 22 heavy (non-hydrogen) atoms. The Balaban J connectivity index is 1.67. The van der Waals surface area contributed by atoms with Crippen molar-refractivity contribution in [2.24, 2.45) is 0 Å².